The first kappa shape index (κ1) is 47.5. The van der Waals surface area contributed by atoms with Crippen molar-refractivity contribution >= 4 is 0 Å². The van der Waals surface area contributed by atoms with Gasteiger partial charge in [-0.1, -0.05) is 210 Å². The van der Waals surface area contributed by atoms with Crippen LogP contribution in [0.2, 0.25) is 0 Å². The summed E-state index contributed by atoms with van der Waals surface area (Å²) in [5, 5.41) is 0. The van der Waals surface area contributed by atoms with Gasteiger partial charge in [0.25, 0.3) is 0 Å². The van der Waals surface area contributed by atoms with Gasteiger partial charge in [0.2, 0.25) is 0 Å². The van der Waals surface area contributed by atoms with Crippen molar-refractivity contribution in [1.29, 1.82) is 0 Å². The van der Waals surface area contributed by atoms with E-state index in [1.807, 2.05) is 30.3 Å². The molecule has 0 radical (unpaired) electrons. The first-order valence-electron chi connectivity index (χ1n) is 23.2. The summed E-state index contributed by atoms with van der Waals surface area (Å²) < 4.78 is 31.1. The Morgan fingerprint density at radius 1 is 0.545 bits per heavy atom. The Morgan fingerprint density at radius 3 is 1.44 bits per heavy atom. The lowest BCUT2D eigenvalue weighted by Crippen LogP contribution is -2.46. The van der Waals surface area contributed by atoms with E-state index in [9.17, 15) is 0 Å². The van der Waals surface area contributed by atoms with Crippen LogP contribution in [0, 0.1) is 11.3 Å². The van der Waals surface area contributed by atoms with Gasteiger partial charge in [-0.3, -0.25) is 0 Å². The summed E-state index contributed by atoms with van der Waals surface area (Å²) >= 11 is 0. The molecule has 1 aliphatic rings. The molecule has 1 saturated heterocycles. The number of methoxy groups -OCH3 is 1. The van der Waals surface area contributed by atoms with Crippen LogP contribution < -0.4 is 4.74 Å². The van der Waals surface area contributed by atoms with Crippen molar-refractivity contribution in [3.05, 3.63) is 65.7 Å². The van der Waals surface area contributed by atoms with Crippen molar-refractivity contribution < 1.29 is 23.7 Å². The minimum Gasteiger partial charge on any atom is -0.497 e. The Kier molecular flexibility index (Phi) is 27.7. The third-order valence-electron chi connectivity index (χ3n) is 11.7. The van der Waals surface area contributed by atoms with Gasteiger partial charge in [-0.05, 0) is 36.5 Å². The molecule has 1 heterocycles. The summed E-state index contributed by atoms with van der Waals surface area (Å²) in [7, 11) is 1.70. The SMILES string of the molecule is CCCCCCCCCCCCCCC(CCCCCCCCCCCCCC)COCC1(COCc2ccc(OC)cc2)COC(c2ccccc2)OC1. The molecule has 0 bridgehead atoms. The van der Waals surface area contributed by atoms with E-state index < -0.39 is 0 Å². The van der Waals surface area contributed by atoms with E-state index in [0.717, 1.165) is 23.5 Å². The smallest absolute Gasteiger partial charge is 0.183 e. The largest absolute Gasteiger partial charge is 0.497 e. The molecular weight excluding hydrogens is 681 g/mol. The van der Waals surface area contributed by atoms with Crippen molar-refractivity contribution in [3.63, 3.8) is 0 Å². The fraction of sp³-hybridized carbons (Fsp3) is 0.760. The lowest BCUT2D eigenvalue weighted by atomic mass is 9.90. The van der Waals surface area contributed by atoms with E-state index in [-0.39, 0.29) is 11.7 Å². The Hall–Kier alpha value is -1.92. The molecule has 0 spiro atoms. The summed E-state index contributed by atoms with van der Waals surface area (Å²) in [6.07, 6.45) is 35.8. The molecule has 314 valence electrons. The van der Waals surface area contributed by atoms with Gasteiger partial charge in [0.15, 0.2) is 6.29 Å². The number of rotatable bonds is 36. The third-order valence-corrected chi connectivity index (χ3v) is 11.7. The predicted molar refractivity (Wildman–Crippen MR) is 232 cm³/mol. The van der Waals surface area contributed by atoms with Gasteiger partial charge in [-0.15, -0.1) is 0 Å². The van der Waals surface area contributed by atoms with Gasteiger partial charge in [0.05, 0.1) is 45.6 Å². The van der Waals surface area contributed by atoms with Crippen molar-refractivity contribution in [2.75, 3.05) is 40.1 Å². The van der Waals surface area contributed by atoms with Crippen molar-refractivity contribution in [2.45, 2.75) is 194 Å². The highest BCUT2D eigenvalue weighted by Crippen LogP contribution is 2.33. The van der Waals surface area contributed by atoms with E-state index in [0.29, 0.717) is 39.0 Å². The van der Waals surface area contributed by atoms with Gasteiger partial charge in [0, 0.05) is 12.2 Å². The first-order chi connectivity index (χ1) is 27.2. The summed E-state index contributed by atoms with van der Waals surface area (Å²) in [6, 6.07) is 18.4. The predicted octanol–water partition coefficient (Wildman–Crippen LogP) is 14.8. The molecule has 0 unspecified atom stereocenters. The molecule has 1 aliphatic heterocycles. The maximum absolute atomic E-state index is 6.67. The Labute approximate surface area is 339 Å². The van der Waals surface area contributed by atoms with E-state index in [4.69, 9.17) is 23.7 Å². The lowest BCUT2D eigenvalue weighted by Gasteiger charge is -2.40. The standard InChI is InChI=1S/C50H84O5/c1-4-6-8-10-12-14-16-18-20-22-24-27-31-45(32-28-25-23-21-19-17-15-13-11-9-7-5-2)39-52-41-50(42-53-40-46-35-37-48(51-3)38-36-46)43-54-49(55-44-50)47-33-29-26-30-34-47/h26,29-30,33-38,45,49H,4-25,27-28,31-32,39-44H2,1-3H3. The molecule has 0 saturated carbocycles. The Bertz CT molecular complexity index is 1080. The van der Waals surface area contributed by atoms with E-state index >= 15 is 0 Å². The molecule has 2 aromatic carbocycles. The van der Waals surface area contributed by atoms with Crippen LogP contribution >= 0.6 is 0 Å². The molecule has 55 heavy (non-hydrogen) atoms. The zero-order valence-corrected chi connectivity index (χ0v) is 36.0. The summed E-state index contributed by atoms with van der Waals surface area (Å²) in [5.41, 5.74) is 1.84. The Morgan fingerprint density at radius 2 is 0.982 bits per heavy atom. The maximum atomic E-state index is 6.67. The molecule has 0 aromatic heterocycles. The van der Waals surface area contributed by atoms with Crippen LogP contribution in [0.5, 0.6) is 5.75 Å². The van der Waals surface area contributed by atoms with Gasteiger partial charge in [0.1, 0.15) is 5.75 Å². The van der Waals surface area contributed by atoms with E-state index in [1.165, 1.54) is 167 Å². The molecule has 5 heteroatoms. The van der Waals surface area contributed by atoms with Gasteiger partial charge >= 0.3 is 0 Å². The minimum absolute atomic E-state index is 0.339. The number of benzene rings is 2. The van der Waals surface area contributed by atoms with E-state index in [2.05, 4.69) is 38.1 Å². The van der Waals surface area contributed by atoms with Crippen LogP contribution in [0.1, 0.15) is 198 Å². The number of hydrogen-bond acceptors (Lipinski definition) is 5. The average molecular weight is 765 g/mol. The third kappa shape index (κ3) is 22.6. The van der Waals surface area contributed by atoms with Crippen molar-refractivity contribution in [3.8, 4) is 5.75 Å². The molecule has 3 rings (SSSR count). The van der Waals surface area contributed by atoms with Crippen molar-refractivity contribution in [1.82, 2.24) is 0 Å². The van der Waals surface area contributed by atoms with Gasteiger partial charge < -0.3 is 23.7 Å². The van der Waals surface area contributed by atoms with Crippen LogP contribution in [-0.2, 0) is 25.6 Å². The highest BCUT2D eigenvalue weighted by Gasteiger charge is 2.38. The van der Waals surface area contributed by atoms with Crippen LogP contribution in [0.15, 0.2) is 54.6 Å². The van der Waals surface area contributed by atoms with Crippen LogP contribution in [0.4, 0.5) is 0 Å². The van der Waals surface area contributed by atoms with Crippen LogP contribution in [0.3, 0.4) is 0 Å². The van der Waals surface area contributed by atoms with Crippen LogP contribution in [-0.4, -0.2) is 40.1 Å². The second kappa shape index (κ2) is 32.1. The van der Waals surface area contributed by atoms with Gasteiger partial charge in [-0.25, -0.2) is 0 Å². The second-order valence-electron chi connectivity index (χ2n) is 16.9. The zero-order chi connectivity index (χ0) is 38.9. The van der Waals surface area contributed by atoms with E-state index in [1.54, 1.807) is 7.11 Å². The maximum Gasteiger partial charge on any atom is 0.183 e. The van der Waals surface area contributed by atoms with Crippen molar-refractivity contribution in [2.24, 2.45) is 11.3 Å². The quantitative estimate of drug-likeness (QED) is 0.0647. The van der Waals surface area contributed by atoms with Gasteiger partial charge in [-0.2, -0.15) is 0 Å². The first-order valence-corrected chi connectivity index (χ1v) is 23.2. The topological polar surface area (TPSA) is 46.2 Å². The average Bonchev–Trinajstić information content (AvgIpc) is 3.22. The molecule has 5 nitrogen and oxygen atoms in total. The highest BCUT2D eigenvalue weighted by atomic mass is 16.7. The number of ether oxygens (including phenoxy) is 5. The molecular formula is C50H84O5. The summed E-state index contributed by atoms with van der Waals surface area (Å²) in [4.78, 5) is 0. The summed E-state index contributed by atoms with van der Waals surface area (Å²) in [5.74, 6) is 1.47. The highest BCUT2D eigenvalue weighted by molar-refractivity contribution is 5.26. The monoisotopic (exact) mass is 765 g/mol. The molecule has 1 fully saturated rings. The molecule has 0 N–H and O–H groups in total. The Balaban J connectivity index is 1.44. The fourth-order valence-electron chi connectivity index (χ4n) is 8.01. The molecule has 0 amide bonds. The lowest BCUT2D eigenvalue weighted by molar-refractivity contribution is -0.255. The zero-order valence-electron chi connectivity index (χ0n) is 36.0. The van der Waals surface area contributed by atoms with Crippen LogP contribution in [0.25, 0.3) is 0 Å². The fourth-order valence-corrected chi connectivity index (χ4v) is 8.01. The molecule has 2 aromatic rings. The molecule has 0 atom stereocenters. The minimum atomic E-state index is -0.347. The molecule has 0 aliphatic carbocycles. The number of unbranched alkanes of at least 4 members (excludes halogenated alkanes) is 22. The second-order valence-corrected chi connectivity index (χ2v) is 16.9. The number of hydrogen-bond donors (Lipinski definition) is 0. The summed E-state index contributed by atoms with van der Waals surface area (Å²) in [6.45, 7) is 8.18. The normalized spacial score (nSPS) is 17.3.